The van der Waals surface area contributed by atoms with Gasteiger partial charge in [0.05, 0.1) is 12.1 Å². The fraction of sp³-hybridized carbons (Fsp3) is 0.381. The van der Waals surface area contributed by atoms with Crippen LogP contribution >= 0.6 is 0 Å². The molecule has 1 heterocycles. The highest BCUT2D eigenvalue weighted by Gasteiger charge is 2.28. The molecule has 1 aliphatic heterocycles. The van der Waals surface area contributed by atoms with E-state index >= 15 is 0 Å². The summed E-state index contributed by atoms with van der Waals surface area (Å²) in [5, 5.41) is 0. The fourth-order valence-electron chi connectivity index (χ4n) is 2.75. The molecule has 0 spiro atoms. The lowest BCUT2D eigenvalue weighted by atomic mass is 9.97. The predicted octanol–water partition coefficient (Wildman–Crippen LogP) is 5.26. The molecule has 25 heavy (non-hydrogen) atoms. The Bertz CT molecular complexity index is 776. The topological polar surface area (TPSA) is 30.8 Å². The van der Waals surface area contributed by atoms with Crippen molar-refractivity contribution in [3.63, 3.8) is 0 Å². The Balaban J connectivity index is 2.01. The second-order valence-corrected chi connectivity index (χ2v) is 12.7. The summed E-state index contributed by atoms with van der Waals surface area (Å²) in [6, 6.07) is 16.9. The fourth-order valence-corrected chi connectivity index (χ4v) is 3.35. The molecular formula is C21H27NO2Si. The second-order valence-electron chi connectivity index (χ2n) is 8.17. The summed E-state index contributed by atoms with van der Waals surface area (Å²) in [4.78, 5) is 4.79. The Kier molecular flexibility index (Phi) is 4.85. The third-order valence-electron chi connectivity index (χ3n) is 4.04. The number of aliphatic imine (C=N–C) groups is 1. The van der Waals surface area contributed by atoms with Crippen LogP contribution in [0.2, 0.25) is 19.6 Å². The Morgan fingerprint density at radius 1 is 1.04 bits per heavy atom. The van der Waals surface area contributed by atoms with Gasteiger partial charge in [0.2, 0.25) is 5.90 Å². The summed E-state index contributed by atoms with van der Waals surface area (Å²) in [6.45, 7) is 12.1. The molecule has 0 bridgehead atoms. The van der Waals surface area contributed by atoms with Crippen LogP contribution in [-0.4, -0.2) is 26.4 Å². The minimum Gasteiger partial charge on any atom is -0.475 e. The maximum atomic E-state index is 6.08. The molecule has 2 aromatic carbocycles. The Hall–Kier alpha value is -1.91. The van der Waals surface area contributed by atoms with E-state index in [-0.39, 0.29) is 5.54 Å². The van der Waals surface area contributed by atoms with Gasteiger partial charge in [-0.05, 0) is 56.2 Å². The molecule has 1 aliphatic rings. The number of nitrogens with zero attached hydrogens (tertiary/aromatic N) is 1. The molecule has 0 amide bonds. The highest BCUT2D eigenvalue weighted by molar-refractivity contribution is 6.69. The van der Waals surface area contributed by atoms with Gasteiger partial charge in [-0.1, -0.05) is 42.5 Å². The van der Waals surface area contributed by atoms with E-state index in [0.29, 0.717) is 13.2 Å². The van der Waals surface area contributed by atoms with E-state index in [0.717, 1.165) is 22.6 Å². The molecule has 0 fully saturated rings. The molecule has 0 radical (unpaired) electrons. The van der Waals surface area contributed by atoms with E-state index in [9.17, 15) is 0 Å². The van der Waals surface area contributed by atoms with Crippen molar-refractivity contribution in [1.82, 2.24) is 0 Å². The van der Waals surface area contributed by atoms with Crippen LogP contribution in [0.15, 0.2) is 53.5 Å². The van der Waals surface area contributed by atoms with Crippen molar-refractivity contribution in [2.45, 2.75) is 45.6 Å². The molecule has 4 heteroatoms. The number of hydrogen-bond acceptors (Lipinski definition) is 3. The van der Waals surface area contributed by atoms with Crippen molar-refractivity contribution in [3.05, 3.63) is 59.7 Å². The molecule has 0 saturated carbocycles. The highest BCUT2D eigenvalue weighted by Crippen LogP contribution is 2.30. The summed E-state index contributed by atoms with van der Waals surface area (Å²) >= 11 is 0. The van der Waals surface area contributed by atoms with E-state index in [1.807, 2.05) is 6.07 Å². The number of ether oxygens (including phenoxy) is 1. The zero-order valence-electron chi connectivity index (χ0n) is 15.8. The zero-order chi connectivity index (χ0) is 18.1. The maximum absolute atomic E-state index is 6.08. The molecule has 2 aromatic rings. The molecule has 3 rings (SSSR count). The summed E-state index contributed by atoms with van der Waals surface area (Å²) in [5.74, 6) is 0.735. The minimum atomic E-state index is -1.55. The van der Waals surface area contributed by atoms with Gasteiger partial charge in [-0.2, -0.15) is 0 Å². The lowest BCUT2D eigenvalue weighted by molar-refractivity contribution is 0.279. The lowest BCUT2D eigenvalue weighted by Crippen LogP contribution is -2.24. The van der Waals surface area contributed by atoms with Gasteiger partial charge >= 0.3 is 0 Å². The van der Waals surface area contributed by atoms with Crippen LogP contribution in [0.25, 0.3) is 11.1 Å². The SMILES string of the molecule is CC1(C)COC(c2cc(CO[Si](C)(C)C)ccc2-c2ccccc2)=N1. The van der Waals surface area contributed by atoms with Crippen molar-refractivity contribution in [2.75, 3.05) is 6.61 Å². The third-order valence-corrected chi connectivity index (χ3v) is 5.05. The van der Waals surface area contributed by atoms with Gasteiger partial charge in [0.15, 0.2) is 8.32 Å². The monoisotopic (exact) mass is 353 g/mol. The van der Waals surface area contributed by atoms with Crippen LogP contribution in [0.1, 0.15) is 25.0 Å². The smallest absolute Gasteiger partial charge is 0.217 e. The first kappa shape index (κ1) is 17.9. The van der Waals surface area contributed by atoms with E-state index in [1.54, 1.807) is 0 Å². The van der Waals surface area contributed by atoms with Gasteiger partial charge in [-0.3, -0.25) is 0 Å². The summed E-state index contributed by atoms with van der Waals surface area (Å²) in [7, 11) is -1.55. The minimum absolute atomic E-state index is 0.173. The van der Waals surface area contributed by atoms with Crippen LogP contribution in [0.3, 0.4) is 0 Å². The number of rotatable bonds is 5. The molecule has 0 N–H and O–H groups in total. The normalized spacial score (nSPS) is 16.4. The zero-order valence-corrected chi connectivity index (χ0v) is 16.8. The maximum Gasteiger partial charge on any atom is 0.217 e. The largest absolute Gasteiger partial charge is 0.475 e. The quantitative estimate of drug-likeness (QED) is 0.686. The van der Waals surface area contributed by atoms with Gasteiger partial charge in [0, 0.05) is 5.56 Å². The average molecular weight is 354 g/mol. The van der Waals surface area contributed by atoms with Crippen molar-refractivity contribution in [1.29, 1.82) is 0 Å². The molecule has 0 saturated heterocycles. The van der Waals surface area contributed by atoms with Crippen LogP contribution < -0.4 is 0 Å². The van der Waals surface area contributed by atoms with Crippen molar-refractivity contribution < 1.29 is 9.16 Å². The van der Waals surface area contributed by atoms with Crippen molar-refractivity contribution in [2.24, 2.45) is 4.99 Å². The van der Waals surface area contributed by atoms with Gasteiger partial charge in [0.25, 0.3) is 0 Å². The Morgan fingerprint density at radius 2 is 1.76 bits per heavy atom. The molecule has 0 aliphatic carbocycles. The Labute approximate surface area is 151 Å². The molecule has 132 valence electrons. The molecular weight excluding hydrogens is 326 g/mol. The summed E-state index contributed by atoms with van der Waals surface area (Å²) in [5.41, 5.74) is 4.36. The highest BCUT2D eigenvalue weighted by atomic mass is 28.4. The van der Waals surface area contributed by atoms with Crippen LogP contribution in [0.5, 0.6) is 0 Å². The van der Waals surface area contributed by atoms with Crippen LogP contribution in [-0.2, 0) is 15.8 Å². The van der Waals surface area contributed by atoms with Gasteiger partial charge in [-0.15, -0.1) is 0 Å². The first-order valence-corrected chi connectivity index (χ1v) is 12.2. The Morgan fingerprint density at radius 3 is 2.36 bits per heavy atom. The van der Waals surface area contributed by atoms with E-state index < -0.39 is 8.32 Å². The summed E-state index contributed by atoms with van der Waals surface area (Å²) < 4.78 is 12.0. The lowest BCUT2D eigenvalue weighted by Gasteiger charge is -2.18. The first-order chi connectivity index (χ1) is 11.7. The van der Waals surface area contributed by atoms with Gasteiger partial charge in [-0.25, -0.2) is 4.99 Å². The third kappa shape index (κ3) is 4.59. The number of hydrogen-bond donors (Lipinski definition) is 0. The van der Waals surface area contributed by atoms with Crippen molar-refractivity contribution >= 4 is 14.2 Å². The van der Waals surface area contributed by atoms with Crippen molar-refractivity contribution in [3.8, 4) is 11.1 Å². The molecule has 0 aromatic heterocycles. The molecule has 0 unspecified atom stereocenters. The van der Waals surface area contributed by atoms with E-state index in [1.165, 1.54) is 5.56 Å². The first-order valence-electron chi connectivity index (χ1n) is 8.79. The molecule has 0 atom stereocenters. The molecule has 3 nitrogen and oxygen atoms in total. The van der Waals surface area contributed by atoms with Gasteiger partial charge < -0.3 is 9.16 Å². The second kappa shape index (κ2) is 6.77. The summed E-state index contributed by atoms with van der Waals surface area (Å²) in [6.07, 6.45) is 0. The standard InChI is InChI=1S/C21H27NO2Si/c1-21(2)15-23-20(22-21)19-13-16(14-24-25(3,4)5)11-12-18(19)17-9-7-6-8-10-17/h6-13H,14-15H2,1-5H3. The van der Waals surface area contributed by atoms with Crippen LogP contribution in [0, 0.1) is 0 Å². The van der Waals surface area contributed by atoms with Crippen LogP contribution in [0.4, 0.5) is 0 Å². The number of benzene rings is 2. The van der Waals surface area contributed by atoms with E-state index in [2.05, 4.69) is 76.0 Å². The predicted molar refractivity (Wildman–Crippen MR) is 107 cm³/mol. The average Bonchev–Trinajstić information content (AvgIpc) is 2.93. The van der Waals surface area contributed by atoms with E-state index in [4.69, 9.17) is 14.2 Å². The van der Waals surface area contributed by atoms with Gasteiger partial charge in [0.1, 0.15) is 6.61 Å².